The smallest absolute Gasteiger partial charge is 0.311 e. The summed E-state index contributed by atoms with van der Waals surface area (Å²) in [6, 6.07) is 0. The van der Waals surface area contributed by atoms with Crippen LogP contribution in [-0.4, -0.2) is 42.7 Å². The number of aliphatic carboxylic acids is 1. The molecule has 1 aliphatic rings. The molecule has 0 aliphatic carbocycles. The van der Waals surface area contributed by atoms with E-state index in [0.717, 1.165) is 13.1 Å². The van der Waals surface area contributed by atoms with Crippen molar-refractivity contribution in [2.75, 3.05) is 26.7 Å². The molecule has 3 N–H and O–H groups in total. The lowest BCUT2D eigenvalue weighted by atomic mass is 9.79. The first kappa shape index (κ1) is 16.4. The molecule has 0 aromatic carbocycles. The number of halogens is 2. The lowest BCUT2D eigenvalue weighted by molar-refractivity contribution is -0.151. The topological polar surface area (TPSA) is 66.6 Å². The van der Waals surface area contributed by atoms with Crippen LogP contribution in [0.25, 0.3) is 0 Å². The van der Waals surface area contributed by atoms with E-state index in [2.05, 4.69) is 4.90 Å². The highest BCUT2D eigenvalue weighted by atomic mass is 35.5. The van der Waals surface area contributed by atoms with E-state index >= 15 is 0 Å². The molecule has 14 heavy (non-hydrogen) atoms. The van der Waals surface area contributed by atoms with Crippen molar-refractivity contribution in [2.45, 2.75) is 12.8 Å². The summed E-state index contributed by atoms with van der Waals surface area (Å²) in [7, 11) is 2.00. The van der Waals surface area contributed by atoms with Gasteiger partial charge in [0.15, 0.2) is 0 Å². The van der Waals surface area contributed by atoms with Gasteiger partial charge in [-0.2, -0.15) is 0 Å². The van der Waals surface area contributed by atoms with Crippen molar-refractivity contribution in [2.24, 2.45) is 11.1 Å². The van der Waals surface area contributed by atoms with E-state index in [9.17, 15) is 4.79 Å². The Kier molecular flexibility index (Phi) is 7.56. The molecule has 1 rings (SSSR count). The fraction of sp³-hybridized carbons (Fsp3) is 0.875. The Morgan fingerprint density at radius 2 is 1.86 bits per heavy atom. The number of hydrogen-bond donors (Lipinski definition) is 2. The SMILES string of the molecule is CN1CCC(CN)(C(=O)O)CC1.Cl.Cl. The summed E-state index contributed by atoms with van der Waals surface area (Å²) in [6.45, 7) is 1.93. The van der Waals surface area contributed by atoms with Crippen molar-refractivity contribution in [1.29, 1.82) is 0 Å². The molecule has 0 bridgehead atoms. The van der Waals surface area contributed by atoms with Gasteiger partial charge < -0.3 is 15.7 Å². The largest absolute Gasteiger partial charge is 0.481 e. The summed E-state index contributed by atoms with van der Waals surface area (Å²) in [4.78, 5) is 13.1. The maximum absolute atomic E-state index is 10.9. The van der Waals surface area contributed by atoms with Gasteiger partial charge in [0.2, 0.25) is 0 Å². The van der Waals surface area contributed by atoms with Gasteiger partial charge >= 0.3 is 5.97 Å². The third-order valence-electron chi connectivity index (χ3n) is 2.79. The Bertz CT molecular complexity index is 182. The Morgan fingerprint density at radius 1 is 1.43 bits per heavy atom. The van der Waals surface area contributed by atoms with E-state index in [1.54, 1.807) is 0 Å². The zero-order chi connectivity index (χ0) is 9.19. The molecule has 6 heteroatoms. The molecule has 0 aromatic heterocycles. The standard InChI is InChI=1S/C8H16N2O2.2ClH/c1-10-4-2-8(6-9,3-5-10)7(11)12;;/h2-6,9H2,1H3,(H,11,12);2*1H. The number of nitrogens with two attached hydrogens (primary N) is 1. The van der Waals surface area contributed by atoms with Gasteiger partial charge in [0, 0.05) is 6.54 Å². The molecule has 1 aliphatic heterocycles. The summed E-state index contributed by atoms with van der Waals surface area (Å²) in [5.41, 5.74) is 4.84. The van der Waals surface area contributed by atoms with Crippen molar-refractivity contribution in [3.05, 3.63) is 0 Å². The molecule has 1 heterocycles. The predicted octanol–water partition coefficient (Wildman–Crippen LogP) is 0.585. The number of rotatable bonds is 2. The van der Waals surface area contributed by atoms with Crippen molar-refractivity contribution in [1.82, 2.24) is 4.90 Å². The lowest BCUT2D eigenvalue weighted by Gasteiger charge is -2.36. The summed E-state index contributed by atoms with van der Waals surface area (Å²) in [6.07, 6.45) is 1.35. The first-order chi connectivity index (χ1) is 5.60. The van der Waals surface area contributed by atoms with Crippen LogP contribution in [0.3, 0.4) is 0 Å². The van der Waals surface area contributed by atoms with Gasteiger partial charge in [0.1, 0.15) is 0 Å². The van der Waals surface area contributed by atoms with E-state index < -0.39 is 11.4 Å². The van der Waals surface area contributed by atoms with Crippen molar-refractivity contribution >= 4 is 30.8 Å². The highest BCUT2D eigenvalue weighted by Crippen LogP contribution is 2.29. The predicted molar refractivity (Wildman–Crippen MR) is 60.4 cm³/mol. The van der Waals surface area contributed by atoms with Crippen molar-refractivity contribution in [3.63, 3.8) is 0 Å². The first-order valence-electron chi connectivity index (χ1n) is 4.23. The normalized spacial score (nSPS) is 20.4. The zero-order valence-electron chi connectivity index (χ0n) is 8.23. The molecular weight excluding hydrogens is 227 g/mol. The van der Waals surface area contributed by atoms with Crippen LogP contribution in [0.1, 0.15) is 12.8 Å². The molecule has 4 nitrogen and oxygen atoms in total. The molecule has 0 aromatic rings. The second-order valence-electron chi connectivity index (χ2n) is 3.59. The molecule has 0 amide bonds. The Labute approximate surface area is 96.6 Å². The monoisotopic (exact) mass is 244 g/mol. The van der Waals surface area contributed by atoms with Gasteiger partial charge in [-0.1, -0.05) is 0 Å². The summed E-state index contributed by atoms with van der Waals surface area (Å²) >= 11 is 0. The summed E-state index contributed by atoms with van der Waals surface area (Å²) in [5, 5.41) is 8.98. The van der Waals surface area contributed by atoms with Gasteiger partial charge in [-0.05, 0) is 33.0 Å². The number of piperidine rings is 1. The average Bonchev–Trinajstić information content (AvgIpc) is 2.06. The zero-order valence-corrected chi connectivity index (χ0v) is 9.87. The van der Waals surface area contributed by atoms with E-state index in [0.29, 0.717) is 12.8 Å². The van der Waals surface area contributed by atoms with Crippen LogP contribution < -0.4 is 5.73 Å². The van der Waals surface area contributed by atoms with Crippen molar-refractivity contribution in [3.8, 4) is 0 Å². The average molecular weight is 245 g/mol. The van der Waals surface area contributed by atoms with Crippen LogP contribution in [-0.2, 0) is 4.79 Å². The first-order valence-corrected chi connectivity index (χ1v) is 4.23. The Balaban J connectivity index is 0. The lowest BCUT2D eigenvalue weighted by Crippen LogP contribution is -2.47. The van der Waals surface area contributed by atoms with Crippen LogP contribution in [0.5, 0.6) is 0 Å². The number of likely N-dealkylation sites (tertiary alicyclic amines) is 1. The second kappa shape index (κ2) is 6.45. The van der Waals surface area contributed by atoms with E-state index in [4.69, 9.17) is 10.8 Å². The van der Waals surface area contributed by atoms with Crippen LogP contribution in [0.4, 0.5) is 0 Å². The summed E-state index contributed by atoms with van der Waals surface area (Å²) < 4.78 is 0. The highest BCUT2D eigenvalue weighted by Gasteiger charge is 2.39. The Morgan fingerprint density at radius 3 is 2.14 bits per heavy atom. The van der Waals surface area contributed by atoms with Gasteiger partial charge in [0.05, 0.1) is 5.41 Å². The molecule has 86 valence electrons. The number of carboxylic acid groups (broad SMARTS) is 1. The number of nitrogens with zero attached hydrogens (tertiary/aromatic N) is 1. The second-order valence-corrected chi connectivity index (χ2v) is 3.59. The molecule has 0 atom stereocenters. The summed E-state index contributed by atoms with van der Waals surface area (Å²) in [5.74, 6) is -0.738. The quantitative estimate of drug-likeness (QED) is 0.747. The minimum Gasteiger partial charge on any atom is -0.481 e. The van der Waals surface area contributed by atoms with E-state index in [-0.39, 0.29) is 31.4 Å². The van der Waals surface area contributed by atoms with Crippen LogP contribution in [0, 0.1) is 5.41 Å². The minimum absolute atomic E-state index is 0. The third kappa shape index (κ3) is 3.28. The van der Waals surface area contributed by atoms with E-state index in [1.807, 2.05) is 7.05 Å². The minimum atomic E-state index is -0.738. The third-order valence-corrected chi connectivity index (χ3v) is 2.79. The molecule has 0 unspecified atom stereocenters. The molecule has 0 spiro atoms. The van der Waals surface area contributed by atoms with Crippen LogP contribution >= 0.6 is 24.8 Å². The van der Waals surface area contributed by atoms with Crippen LogP contribution in [0.2, 0.25) is 0 Å². The molecular formula is C8H18Cl2N2O2. The van der Waals surface area contributed by atoms with Crippen LogP contribution in [0.15, 0.2) is 0 Å². The van der Waals surface area contributed by atoms with E-state index in [1.165, 1.54) is 0 Å². The van der Waals surface area contributed by atoms with Gasteiger partial charge in [0.25, 0.3) is 0 Å². The van der Waals surface area contributed by atoms with Crippen molar-refractivity contribution < 1.29 is 9.90 Å². The van der Waals surface area contributed by atoms with Gasteiger partial charge in [-0.3, -0.25) is 4.79 Å². The highest BCUT2D eigenvalue weighted by molar-refractivity contribution is 5.85. The molecule has 1 saturated heterocycles. The number of hydrogen-bond acceptors (Lipinski definition) is 3. The molecule has 0 saturated carbocycles. The molecule has 1 fully saturated rings. The maximum atomic E-state index is 10.9. The Hall–Kier alpha value is -0.0300. The van der Waals surface area contributed by atoms with Gasteiger partial charge in [-0.15, -0.1) is 24.8 Å². The fourth-order valence-corrected chi connectivity index (χ4v) is 1.55. The number of carbonyl (C=O) groups is 1. The number of carboxylic acids is 1. The maximum Gasteiger partial charge on any atom is 0.311 e. The molecule has 0 radical (unpaired) electrons. The van der Waals surface area contributed by atoms with Gasteiger partial charge in [-0.25, -0.2) is 0 Å². The fourth-order valence-electron chi connectivity index (χ4n) is 1.55.